The van der Waals surface area contributed by atoms with Crippen molar-refractivity contribution in [3.05, 3.63) is 28.3 Å². The van der Waals surface area contributed by atoms with Crippen LogP contribution in [-0.4, -0.2) is 18.1 Å². The zero-order valence-electron chi connectivity index (χ0n) is 8.43. The summed E-state index contributed by atoms with van der Waals surface area (Å²) in [6.45, 7) is 0. The molecular weight excluding hydrogens is 296 g/mol. The number of nitro groups is 1. The summed E-state index contributed by atoms with van der Waals surface area (Å²) in [5, 5.41) is 10.6. The van der Waals surface area contributed by atoms with Crippen LogP contribution in [0.4, 0.5) is 20.2 Å². The minimum Gasteiger partial charge on any atom is -0.318 e. The minimum absolute atomic E-state index is 0.225. The van der Waals surface area contributed by atoms with Gasteiger partial charge >= 0.3 is 4.71 Å². The Morgan fingerprint density at radius 2 is 2.00 bits per heavy atom. The molecule has 0 radical (unpaired) electrons. The van der Waals surface area contributed by atoms with Crippen molar-refractivity contribution in [2.45, 2.75) is 9.61 Å². The van der Waals surface area contributed by atoms with Gasteiger partial charge in [0.2, 0.25) is 0 Å². The maximum absolute atomic E-state index is 12.7. The SMILES string of the molecule is NNc1ccc(S(=O)(=O)C(F)(F)Cl)cc1[N+](=O)[O-]. The second-order valence-corrected chi connectivity index (χ2v) is 5.72. The van der Waals surface area contributed by atoms with E-state index in [-0.39, 0.29) is 5.69 Å². The molecule has 7 nitrogen and oxygen atoms in total. The lowest BCUT2D eigenvalue weighted by molar-refractivity contribution is -0.384. The molecule has 0 saturated carbocycles. The van der Waals surface area contributed by atoms with Crippen LogP contribution in [0, 0.1) is 10.1 Å². The molecule has 1 aromatic carbocycles. The Balaban J connectivity index is 3.48. The first-order valence-electron chi connectivity index (χ1n) is 4.17. The molecule has 100 valence electrons. The zero-order valence-corrected chi connectivity index (χ0v) is 10.0. The standard InChI is InChI=1S/C7H6ClF2N3O4S/c8-7(9,10)18(16,17)4-1-2-5(12-11)6(3-4)13(14)15/h1-3,12H,11H2. The molecule has 0 fully saturated rings. The highest BCUT2D eigenvalue weighted by Crippen LogP contribution is 2.35. The zero-order chi connectivity index (χ0) is 14.1. The third-order valence-corrected chi connectivity index (χ3v) is 4.03. The lowest BCUT2D eigenvalue weighted by atomic mass is 10.3. The van der Waals surface area contributed by atoms with Crippen LogP contribution in [0.2, 0.25) is 0 Å². The number of benzene rings is 1. The topological polar surface area (TPSA) is 115 Å². The number of nitrogen functional groups attached to an aromatic ring is 1. The molecule has 0 aromatic heterocycles. The van der Waals surface area contributed by atoms with E-state index < -0.39 is 30.1 Å². The largest absolute Gasteiger partial charge is 0.427 e. The van der Waals surface area contributed by atoms with E-state index in [0.29, 0.717) is 6.07 Å². The summed E-state index contributed by atoms with van der Waals surface area (Å²) in [4.78, 5) is 8.65. The summed E-state index contributed by atoms with van der Waals surface area (Å²) < 4.78 is 43.3. The summed E-state index contributed by atoms with van der Waals surface area (Å²) in [6, 6.07) is 2.06. The highest BCUT2D eigenvalue weighted by molar-refractivity contribution is 7.93. The van der Waals surface area contributed by atoms with Crippen LogP contribution >= 0.6 is 11.6 Å². The number of hydrazine groups is 1. The molecule has 18 heavy (non-hydrogen) atoms. The number of nitrogens with two attached hydrogens (primary N) is 1. The molecule has 11 heteroatoms. The monoisotopic (exact) mass is 301 g/mol. The van der Waals surface area contributed by atoms with Crippen molar-refractivity contribution in [2.75, 3.05) is 5.43 Å². The van der Waals surface area contributed by atoms with Crippen molar-refractivity contribution >= 4 is 32.8 Å². The smallest absolute Gasteiger partial charge is 0.318 e. The van der Waals surface area contributed by atoms with Gasteiger partial charge in [0.15, 0.2) is 0 Å². The van der Waals surface area contributed by atoms with Crippen molar-refractivity contribution in [3.63, 3.8) is 0 Å². The number of halogens is 3. The van der Waals surface area contributed by atoms with Crippen molar-refractivity contribution in [1.82, 2.24) is 0 Å². The number of nitrogens with zero attached hydrogens (tertiary/aromatic N) is 1. The maximum Gasteiger partial charge on any atom is 0.427 e. The van der Waals surface area contributed by atoms with Gasteiger partial charge in [0, 0.05) is 6.07 Å². The lowest BCUT2D eigenvalue weighted by Gasteiger charge is -2.10. The van der Waals surface area contributed by atoms with E-state index in [1.165, 1.54) is 0 Å². The Labute approximate surface area is 105 Å². The molecule has 0 amide bonds. The summed E-state index contributed by atoms with van der Waals surface area (Å²) in [5.74, 6) is 4.96. The highest BCUT2D eigenvalue weighted by Gasteiger charge is 2.44. The van der Waals surface area contributed by atoms with Crippen LogP contribution in [0.15, 0.2) is 23.1 Å². The molecule has 0 aliphatic carbocycles. The molecule has 1 aromatic rings. The molecule has 0 aliphatic rings. The Kier molecular flexibility index (Phi) is 3.74. The molecular formula is C7H6ClF2N3O4S. The second kappa shape index (κ2) is 4.63. The van der Waals surface area contributed by atoms with Gasteiger partial charge in [0.1, 0.15) is 5.69 Å². The molecule has 0 aliphatic heterocycles. The van der Waals surface area contributed by atoms with Gasteiger partial charge < -0.3 is 5.43 Å². The average Bonchev–Trinajstić information content (AvgIpc) is 2.26. The van der Waals surface area contributed by atoms with Crippen LogP contribution < -0.4 is 11.3 Å². The Morgan fingerprint density at radius 1 is 1.44 bits per heavy atom. The molecule has 0 atom stereocenters. The van der Waals surface area contributed by atoms with E-state index >= 15 is 0 Å². The average molecular weight is 302 g/mol. The van der Waals surface area contributed by atoms with E-state index in [1.807, 2.05) is 5.43 Å². The van der Waals surface area contributed by atoms with Crippen molar-refractivity contribution < 1.29 is 22.1 Å². The van der Waals surface area contributed by atoms with Crippen LogP contribution in [0.1, 0.15) is 0 Å². The first-order valence-corrected chi connectivity index (χ1v) is 6.04. The van der Waals surface area contributed by atoms with E-state index in [4.69, 9.17) is 5.84 Å². The van der Waals surface area contributed by atoms with Crippen molar-refractivity contribution in [1.29, 1.82) is 0 Å². The predicted octanol–water partition coefficient (Wildman–Crippen LogP) is 1.44. The predicted molar refractivity (Wildman–Crippen MR) is 58.9 cm³/mol. The van der Waals surface area contributed by atoms with E-state index in [2.05, 4.69) is 11.6 Å². The van der Waals surface area contributed by atoms with Crippen LogP contribution in [0.3, 0.4) is 0 Å². The lowest BCUT2D eigenvalue weighted by Crippen LogP contribution is -2.22. The molecule has 0 bridgehead atoms. The fourth-order valence-electron chi connectivity index (χ4n) is 1.09. The number of hydrogen-bond acceptors (Lipinski definition) is 6. The Hall–Kier alpha value is -1.52. The number of sulfone groups is 1. The molecule has 1 rings (SSSR count). The maximum atomic E-state index is 12.7. The Bertz CT molecular complexity index is 587. The molecule has 3 N–H and O–H groups in total. The third kappa shape index (κ3) is 2.49. The fourth-order valence-corrected chi connectivity index (χ4v) is 2.13. The second-order valence-electron chi connectivity index (χ2n) is 3.03. The van der Waals surface area contributed by atoms with Gasteiger partial charge in [-0.15, -0.1) is 0 Å². The molecule has 0 heterocycles. The number of nitrogens with one attached hydrogen (secondary N) is 1. The summed E-state index contributed by atoms with van der Waals surface area (Å²) in [7, 11) is -5.20. The van der Waals surface area contributed by atoms with Gasteiger partial charge in [-0.2, -0.15) is 8.78 Å². The van der Waals surface area contributed by atoms with Crippen LogP contribution in [0.25, 0.3) is 0 Å². The molecule has 0 saturated heterocycles. The summed E-state index contributed by atoms with van der Waals surface area (Å²) in [5.41, 5.74) is 0.948. The van der Waals surface area contributed by atoms with E-state index in [1.54, 1.807) is 0 Å². The van der Waals surface area contributed by atoms with Crippen LogP contribution in [-0.2, 0) is 9.84 Å². The number of rotatable bonds is 4. The third-order valence-electron chi connectivity index (χ3n) is 1.94. The van der Waals surface area contributed by atoms with Gasteiger partial charge in [0.05, 0.1) is 9.82 Å². The molecule has 0 unspecified atom stereocenters. The number of hydrogen-bond donors (Lipinski definition) is 2. The number of anilines is 1. The summed E-state index contributed by atoms with van der Waals surface area (Å²) in [6.07, 6.45) is 0. The van der Waals surface area contributed by atoms with Crippen LogP contribution in [0.5, 0.6) is 0 Å². The highest BCUT2D eigenvalue weighted by atomic mass is 35.5. The number of alkyl halides is 3. The van der Waals surface area contributed by atoms with Gasteiger partial charge in [0.25, 0.3) is 15.5 Å². The van der Waals surface area contributed by atoms with Crippen molar-refractivity contribution in [3.8, 4) is 0 Å². The fraction of sp³-hybridized carbons (Fsp3) is 0.143. The minimum atomic E-state index is -5.20. The quantitative estimate of drug-likeness (QED) is 0.376. The van der Waals surface area contributed by atoms with Gasteiger partial charge in [-0.05, 0) is 23.7 Å². The van der Waals surface area contributed by atoms with E-state index in [0.717, 1.165) is 12.1 Å². The van der Waals surface area contributed by atoms with Crippen molar-refractivity contribution in [2.24, 2.45) is 5.84 Å². The van der Waals surface area contributed by atoms with E-state index in [9.17, 15) is 27.3 Å². The molecule has 0 spiro atoms. The first-order chi connectivity index (χ1) is 8.11. The normalized spacial score (nSPS) is 12.2. The Morgan fingerprint density at radius 3 is 2.39 bits per heavy atom. The first kappa shape index (κ1) is 14.5. The number of nitro benzene ring substituents is 1. The van der Waals surface area contributed by atoms with Gasteiger partial charge in [-0.25, -0.2) is 8.42 Å². The van der Waals surface area contributed by atoms with Gasteiger partial charge in [-0.1, -0.05) is 0 Å². The summed E-state index contributed by atoms with van der Waals surface area (Å²) >= 11 is 4.43. The van der Waals surface area contributed by atoms with Gasteiger partial charge in [-0.3, -0.25) is 16.0 Å².